The smallest absolute Gasteiger partial charge is 0.0724 e. The molecule has 1 heterocycles. The molecule has 2 unspecified atom stereocenters. The van der Waals surface area contributed by atoms with Crippen LogP contribution in [-0.2, 0) is 13.5 Å². The number of rotatable bonds is 8. The molecule has 19 heavy (non-hydrogen) atoms. The highest BCUT2D eigenvalue weighted by atomic mass is 16.3. The molecular formula is C15H29N3O. The largest absolute Gasteiger partial charge is 0.391 e. The zero-order chi connectivity index (χ0) is 14.5. The van der Waals surface area contributed by atoms with Crippen molar-refractivity contribution in [1.82, 2.24) is 14.7 Å². The Morgan fingerprint density at radius 2 is 2.00 bits per heavy atom. The van der Waals surface area contributed by atoms with Gasteiger partial charge in [0.1, 0.15) is 0 Å². The molecule has 0 saturated heterocycles. The normalized spacial score (nSPS) is 16.6. The first-order valence-corrected chi connectivity index (χ1v) is 7.38. The first-order chi connectivity index (χ1) is 8.97. The van der Waals surface area contributed by atoms with Crippen molar-refractivity contribution < 1.29 is 5.11 Å². The van der Waals surface area contributed by atoms with Crippen LogP contribution in [0.3, 0.4) is 0 Å². The number of aromatic nitrogens is 2. The third-order valence-corrected chi connectivity index (χ3v) is 4.38. The van der Waals surface area contributed by atoms with Crippen LogP contribution < -0.4 is 0 Å². The Balaban J connectivity index is 2.65. The number of nitrogens with zero attached hydrogens (tertiary/aromatic N) is 3. The molecule has 4 nitrogen and oxygen atoms in total. The lowest BCUT2D eigenvalue weighted by Crippen LogP contribution is -2.54. The molecule has 110 valence electrons. The van der Waals surface area contributed by atoms with Crippen LogP contribution in [0.4, 0.5) is 0 Å². The quantitative estimate of drug-likeness (QED) is 0.785. The van der Waals surface area contributed by atoms with Gasteiger partial charge in [-0.2, -0.15) is 5.10 Å². The Kier molecular flexibility index (Phi) is 6.01. The minimum Gasteiger partial charge on any atom is -0.391 e. The van der Waals surface area contributed by atoms with Crippen LogP contribution in [0.2, 0.25) is 0 Å². The van der Waals surface area contributed by atoms with Gasteiger partial charge in [-0.15, -0.1) is 0 Å². The van der Waals surface area contributed by atoms with Gasteiger partial charge in [0.05, 0.1) is 12.3 Å². The van der Waals surface area contributed by atoms with E-state index in [9.17, 15) is 5.11 Å². The molecule has 2 atom stereocenters. The van der Waals surface area contributed by atoms with Crippen LogP contribution in [0, 0.1) is 0 Å². The summed E-state index contributed by atoms with van der Waals surface area (Å²) in [5.41, 5.74) is 1.06. The van der Waals surface area contributed by atoms with Gasteiger partial charge in [-0.05, 0) is 44.8 Å². The van der Waals surface area contributed by atoms with E-state index in [2.05, 4.69) is 37.7 Å². The lowest BCUT2D eigenvalue weighted by atomic mass is 9.86. The molecule has 1 aromatic heterocycles. The molecule has 0 aliphatic rings. The predicted molar refractivity (Wildman–Crippen MR) is 79.2 cm³/mol. The molecule has 0 aliphatic heterocycles. The van der Waals surface area contributed by atoms with E-state index in [0.717, 1.165) is 32.4 Å². The van der Waals surface area contributed by atoms with Crippen LogP contribution in [0.1, 0.15) is 46.1 Å². The highest BCUT2D eigenvalue weighted by Gasteiger charge is 2.35. The van der Waals surface area contributed by atoms with E-state index in [4.69, 9.17) is 0 Å². The van der Waals surface area contributed by atoms with Crippen molar-refractivity contribution in [3.63, 3.8) is 0 Å². The molecule has 0 spiro atoms. The molecule has 0 radical (unpaired) electrons. The summed E-state index contributed by atoms with van der Waals surface area (Å²) in [5.74, 6) is 0. The van der Waals surface area contributed by atoms with E-state index >= 15 is 0 Å². The maximum atomic E-state index is 10.6. The Morgan fingerprint density at radius 1 is 1.37 bits per heavy atom. The highest BCUT2D eigenvalue weighted by molar-refractivity contribution is 5.05. The van der Waals surface area contributed by atoms with E-state index in [-0.39, 0.29) is 11.6 Å². The molecule has 1 rings (SSSR count). The summed E-state index contributed by atoms with van der Waals surface area (Å²) < 4.78 is 1.81. The number of hydrogen-bond donors (Lipinski definition) is 1. The highest BCUT2D eigenvalue weighted by Crippen LogP contribution is 2.26. The topological polar surface area (TPSA) is 41.3 Å². The van der Waals surface area contributed by atoms with Crippen molar-refractivity contribution >= 4 is 0 Å². The zero-order valence-corrected chi connectivity index (χ0v) is 13.1. The van der Waals surface area contributed by atoms with Crippen LogP contribution in [0.15, 0.2) is 12.4 Å². The van der Waals surface area contributed by atoms with E-state index in [1.165, 1.54) is 5.56 Å². The third kappa shape index (κ3) is 3.80. The summed E-state index contributed by atoms with van der Waals surface area (Å²) >= 11 is 0. The molecule has 0 aromatic carbocycles. The number of aryl methyl sites for hydroxylation is 2. The van der Waals surface area contributed by atoms with E-state index in [1.54, 1.807) is 0 Å². The standard InChI is InChI=1S/C15H29N3O/c1-6-15(4,18(7-2)8-3)14(19)10-9-13-11-16-17(5)12-13/h11-12,14,19H,6-10H2,1-5H3. The second-order valence-corrected chi connectivity index (χ2v) is 5.46. The first-order valence-electron chi connectivity index (χ1n) is 7.38. The van der Waals surface area contributed by atoms with Gasteiger partial charge in [-0.1, -0.05) is 20.8 Å². The Labute approximate surface area is 117 Å². The SMILES string of the molecule is CCN(CC)C(C)(CC)C(O)CCc1cnn(C)c1. The summed E-state index contributed by atoms with van der Waals surface area (Å²) in [6.07, 6.45) is 6.22. The first kappa shape index (κ1) is 16.2. The molecule has 4 heteroatoms. The van der Waals surface area contributed by atoms with Crippen molar-refractivity contribution in [3.05, 3.63) is 18.0 Å². The summed E-state index contributed by atoms with van der Waals surface area (Å²) in [5, 5.41) is 14.8. The second-order valence-electron chi connectivity index (χ2n) is 5.46. The van der Waals surface area contributed by atoms with Gasteiger partial charge < -0.3 is 5.11 Å². The third-order valence-electron chi connectivity index (χ3n) is 4.38. The molecule has 0 saturated carbocycles. The van der Waals surface area contributed by atoms with E-state index in [0.29, 0.717) is 0 Å². The minimum absolute atomic E-state index is 0.133. The maximum Gasteiger partial charge on any atom is 0.0724 e. The fraction of sp³-hybridized carbons (Fsp3) is 0.800. The summed E-state index contributed by atoms with van der Waals surface area (Å²) in [4.78, 5) is 2.36. The van der Waals surface area contributed by atoms with Gasteiger partial charge in [-0.3, -0.25) is 9.58 Å². The molecular weight excluding hydrogens is 238 g/mol. The van der Waals surface area contributed by atoms with Crippen LogP contribution >= 0.6 is 0 Å². The summed E-state index contributed by atoms with van der Waals surface area (Å²) in [6.45, 7) is 10.6. The number of likely N-dealkylation sites (N-methyl/N-ethyl adjacent to an activating group) is 1. The lowest BCUT2D eigenvalue weighted by molar-refractivity contribution is -0.0234. The van der Waals surface area contributed by atoms with Crippen LogP contribution in [-0.4, -0.2) is 44.5 Å². The molecule has 1 aromatic rings. The average molecular weight is 267 g/mol. The van der Waals surface area contributed by atoms with Crippen molar-refractivity contribution in [2.75, 3.05) is 13.1 Å². The monoisotopic (exact) mass is 267 g/mol. The van der Waals surface area contributed by atoms with Gasteiger partial charge in [0.2, 0.25) is 0 Å². The van der Waals surface area contributed by atoms with Gasteiger partial charge in [0.25, 0.3) is 0 Å². The van der Waals surface area contributed by atoms with Gasteiger partial charge >= 0.3 is 0 Å². The van der Waals surface area contributed by atoms with Gasteiger partial charge in [-0.25, -0.2) is 0 Å². The fourth-order valence-electron chi connectivity index (χ4n) is 2.83. The number of aliphatic hydroxyl groups excluding tert-OH is 1. The van der Waals surface area contributed by atoms with Crippen molar-refractivity contribution in [2.45, 2.75) is 58.6 Å². The molecule has 0 aliphatic carbocycles. The molecule has 0 bridgehead atoms. The maximum absolute atomic E-state index is 10.6. The zero-order valence-electron chi connectivity index (χ0n) is 13.1. The Bertz CT molecular complexity index is 373. The van der Waals surface area contributed by atoms with E-state index < -0.39 is 0 Å². The summed E-state index contributed by atoms with van der Waals surface area (Å²) in [6, 6.07) is 0. The Morgan fingerprint density at radius 3 is 2.42 bits per heavy atom. The average Bonchev–Trinajstić information content (AvgIpc) is 2.82. The minimum atomic E-state index is -0.308. The molecule has 1 N–H and O–H groups in total. The molecule has 0 amide bonds. The van der Waals surface area contributed by atoms with Gasteiger partial charge in [0.15, 0.2) is 0 Å². The number of hydrogen-bond acceptors (Lipinski definition) is 3. The van der Waals surface area contributed by atoms with Crippen molar-refractivity contribution in [1.29, 1.82) is 0 Å². The predicted octanol–water partition coefficient (Wildman–Crippen LogP) is 2.22. The molecule has 0 fully saturated rings. The van der Waals surface area contributed by atoms with E-state index in [1.807, 2.05) is 24.1 Å². The summed E-state index contributed by atoms with van der Waals surface area (Å²) in [7, 11) is 1.92. The lowest BCUT2D eigenvalue weighted by Gasteiger charge is -2.43. The van der Waals surface area contributed by atoms with Crippen LogP contribution in [0.5, 0.6) is 0 Å². The second kappa shape index (κ2) is 7.06. The fourth-order valence-corrected chi connectivity index (χ4v) is 2.83. The van der Waals surface area contributed by atoms with Crippen molar-refractivity contribution in [2.24, 2.45) is 7.05 Å². The van der Waals surface area contributed by atoms with Crippen LogP contribution in [0.25, 0.3) is 0 Å². The van der Waals surface area contributed by atoms with Crippen molar-refractivity contribution in [3.8, 4) is 0 Å². The number of aliphatic hydroxyl groups is 1. The van der Waals surface area contributed by atoms with Gasteiger partial charge in [0, 0.05) is 18.8 Å². The Hall–Kier alpha value is -0.870.